The highest BCUT2D eigenvalue weighted by atomic mass is 19.1. The number of para-hydroxylation sites is 1. The first-order valence-corrected chi connectivity index (χ1v) is 4.03. The predicted octanol–water partition coefficient (Wildman–Crippen LogP) is 1.76. The fourth-order valence-electron chi connectivity index (χ4n) is 1.11. The molecular weight excluding hydrogens is 192 g/mol. The molecule has 3 nitrogen and oxygen atoms in total. The standard InChI is InChI=1S/C9H11F2NO2/c10-5-13-8-3-1-2-7(4-12)9(8)14-6-11/h1-3H,4-6,12H2. The van der Waals surface area contributed by atoms with Crippen LogP contribution in [-0.4, -0.2) is 13.7 Å². The Bertz CT molecular complexity index is 294. The Morgan fingerprint density at radius 1 is 1.14 bits per heavy atom. The third-order valence-corrected chi connectivity index (χ3v) is 1.69. The van der Waals surface area contributed by atoms with E-state index in [2.05, 4.69) is 9.47 Å². The summed E-state index contributed by atoms with van der Waals surface area (Å²) in [5.41, 5.74) is 5.97. The van der Waals surface area contributed by atoms with Crippen LogP contribution >= 0.6 is 0 Å². The van der Waals surface area contributed by atoms with Crippen LogP contribution in [0.2, 0.25) is 0 Å². The molecule has 0 bridgehead atoms. The van der Waals surface area contributed by atoms with Crippen LogP contribution in [-0.2, 0) is 6.54 Å². The lowest BCUT2D eigenvalue weighted by Gasteiger charge is -2.11. The van der Waals surface area contributed by atoms with Gasteiger partial charge in [-0.15, -0.1) is 0 Å². The third-order valence-electron chi connectivity index (χ3n) is 1.69. The zero-order valence-corrected chi connectivity index (χ0v) is 7.50. The molecule has 1 aromatic rings. The average Bonchev–Trinajstić information content (AvgIpc) is 2.21. The van der Waals surface area contributed by atoms with Crippen molar-refractivity contribution in [2.24, 2.45) is 5.73 Å². The van der Waals surface area contributed by atoms with Gasteiger partial charge in [0.15, 0.2) is 11.5 Å². The van der Waals surface area contributed by atoms with E-state index in [-0.39, 0.29) is 18.0 Å². The molecule has 0 amide bonds. The molecule has 0 radical (unpaired) electrons. The number of ether oxygens (including phenoxy) is 2. The Kier molecular flexibility index (Phi) is 4.12. The molecule has 2 N–H and O–H groups in total. The fraction of sp³-hybridized carbons (Fsp3) is 0.333. The molecule has 0 aliphatic rings. The van der Waals surface area contributed by atoms with E-state index in [4.69, 9.17) is 5.73 Å². The van der Waals surface area contributed by atoms with Crippen LogP contribution in [0.25, 0.3) is 0 Å². The topological polar surface area (TPSA) is 44.5 Å². The highest BCUT2D eigenvalue weighted by Gasteiger charge is 2.09. The number of halogens is 2. The number of rotatable bonds is 5. The molecule has 1 rings (SSSR count). The largest absolute Gasteiger partial charge is 0.459 e. The molecule has 0 unspecified atom stereocenters. The van der Waals surface area contributed by atoms with Crippen LogP contribution in [0.5, 0.6) is 11.5 Å². The van der Waals surface area contributed by atoms with E-state index in [1.807, 2.05) is 0 Å². The van der Waals surface area contributed by atoms with Gasteiger partial charge in [0.25, 0.3) is 0 Å². The highest BCUT2D eigenvalue weighted by Crippen LogP contribution is 2.31. The normalized spacial score (nSPS) is 9.93. The van der Waals surface area contributed by atoms with Gasteiger partial charge in [-0.3, -0.25) is 0 Å². The van der Waals surface area contributed by atoms with Crippen molar-refractivity contribution in [3.05, 3.63) is 23.8 Å². The van der Waals surface area contributed by atoms with Crippen molar-refractivity contribution in [1.29, 1.82) is 0 Å². The molecule has 0 saturated carbocycles. The lowest BCUT2D eigenvalue weighted by molar-refractivity contribution is 0.156. The summed E-state index contributed by atoms with van der Waals surface area (Å²) in [5.74, 6) is 0.322. The van der Waals surface area contributed by atoms with Gasteiger partial charge in [0.1, 0.15) is 0 Å². The summed E-state index contributed by atoms with van der Waals surface area (Å²) < 4.78 is 33.2. The van der Waals surface area contributed by atoms with Gasteiger partial charge in [-0.1, -0.05) is 12.1 Å². The average molecular weight is 203 g/mol. The maximum Gasteiger partial charge on any atom is 0.228 e. The molecule has 0 fully saturated rings. The minimum Gasteiger partial charge on any atom is -0.459 e. The Hall–Kier alpha value is -1.36. The molecule has 0 atom stereocenters. The molecule has 14 heavy (non-hydrogen) atoms. The lowest BCUT2D eigenvalue weighted by atomic mass is 10.2. The molecule has 0 aliphatic heterocycles. The third kappa shape index (κ3) is 2.32. The first kappa shape index (κ1) is 10.7. The molecule has 0 heterocycles. The van der Waals surface area contributed by atoms with Crippen molar-refractivity contribution in [2.75, 3.05) is 13.7 Å². The van der Waals surface area contributed by atoms with Crippen LogP contribution in [0, 0.1) is 0 Å². The van der Waals surface area contributed by atoms with Gasteiger partial charge >= 0.3 is 0 Å². The van der Waals surface area contributed by atoms with E-state index in [9.17, 15) is 8.78 Å². The molecule has 0 aromatic heterocycles. The van der Waals surface area contributed by atoms with Crippen molar-refractivity contribution >= 4 is 0 Å². The number of benzene rings is 1. The van der Waals surface area contributed by atoms with Crippen molar-refractivity contribution in [1.82, 2.24) is 0 Å². The Balaban J connectivity index is 3.00. The fourth-order valence-corrected chi connectivity index (χ4v) is 1.11. The van der Waals surface area contributed by atoms with Gasteiger partial charge in [0.2, 0.25) is 13.7 Å². The first-order chi connectivity index (χ1) is 6.83. The summed E-state index contributed by atoms with van der Waals surface area (Å²) in [7, 11) is 0. The van der Waals surface area contributed by atoms with Gasteiger partial charge in [-0.2, -0.15) is 0 Å². The molecule has 78 valence electrons. The molecule has 5 heteroatoms. The van der Waals surface area contributed by atoms with Gasteiger partial charge in [-0.05, 0) is 6.07 Å². The van der Waals surface area contributed by atoms with Crippen molar-refractivity contribution < 1.29 is 18.3 Å². The number of hydrogen-bond acceptors (Lipinski definition) is 3. The minimum atomic E-state index is -1.00. The summed E-state index contributed by atoms with van der Waals surface area (Å²) in [6.45, 7) is -1.81. The van der Waals surface area contributed by atoms with Gasteiger partial charge in [-0.25, -0.2) is 8.78 Å². The van der Waals surface area contributed by atoms with E-state index in [0.29, 0.717) is 5.56 Å². The van der Waals surface area contributed by atoms with Crippen molar-refractivity contribution in [2.45, 2.75) is 6.54 Å². The first-order valence-electron chi connectivity index (χ1n) is 4.03. The van der Waals surface area contributed by atoms with Crippen LogP contribution in [0.3, 0.4) is 0 Å². The summed E-state index contributed by atoms with van der Waals surface area (Å²) in [6.07, 6.45) is 0. The molecule has 0 saturated heterocycles. The summed E-state index contributed by atoms with van der Waals surface area (Å²) >= 11 is 0. The summed E-state index contributed by atoms with van der Waals surface area (Å²) in [6, 6.07) is 4.79. The smallest absolute Gasteiger partial charge is 0.228 e. The quantitative estimate of drug-likeness (QED) is 0.792. The SMILES string of the molecule is NCc1cccc(OCF)c1OCF. The van der Waals surface area contributed by atoms with Crippen molar-refractivity contribution in [3.8, 4) is 11.5 Å². The molecule has 1 aromatic carbocycles. The second kappa shape index (κ2) is 5.39. The van der Waals surface area contributed by atoms with Gasteiger partial charge < -0.3 is 15.2 Å². The summed E-state index contributed by atoms with van der Waals surface area (Å²) in [5, 5.41) is 0. The monoisotopic (exact) mass is 203 g/mol. The summed E-state index contributed by atoms with van der Waals surface area (Å²) in [4.78, 5) is 0. The van der Waals surface area contributed by atoms with Crippen LogP contribution < -0.4 is 15.2 Å². The highest BCUT2D eigenvalue weighted by molar-refractivity contribution is 5.46. The predicted molar refractivity (Wildman–Crippen MR) is 47.5 cm³/mol. The van der Waals surface area contributed by atoms with E-state index < -0.39 is 13.7 Å². The van der Waals surface area contributed by atoms with Crippen molar-refractivity contribution in [3.63, 3.8) is 0 Å². The van der Waals surface area contributed by atoms with E-state index in [1.165, 1.54) is 6.07 Å². The minimum absolute atomic E-state index is 0.160. The maximum atomic E-state index is 12.0. The van der Waals surface area contributed by atoms with Crippen LogP contribution in [0.15, 0.2) is 18.2 Å². The number of alkyl halides is 2. The maximum absolute atomic E-state index is 12.0. The zero-order valence-electron chi connectivity index (χ0n) is 7.50. The number of hydrogen-bond donors (Lipinski definition) is 1. The lowest BCUT2D eigenvalue weighted by Crippen LogP contribution is -2.04. The second-order valence-corrected chi connectivity index (χ2v) is 2.46. The van der Waals surface area contributed by atoms with E-state index in [0.717, 1.165) is 0 Å². The number of nitrogens with two attached hydrogens (primary N) is 1. The molecular formula is C9H11F2NO2. The van der Waals surface area contributed by atoms with E-state index in [1.54, 1.807) is 12.1 Å². The Morgan fingerprint density at radius 3 is 2.43 bits per heavy atom. The zero-order chi connectivity index (χ0) is 10.4. The second-order valence-electron chi connectivity index (χ2n) is 2.46. The molecule has 0 spiro atoms. The Labute approximate surface area is 80.4 Å². The van der Waals surface area contributed by atoms with E-state index >= 15 is 0 Å². The Morgan fingerprint density at radius 2 is 1.86 bits per heavy atom. The van der Waals surface area contributed by atoms with Crippen LogP contribution in [0.4, 0.5) is 8.78 Å². The van der Waals surface area contributed by atoms with Gasteiger partial charge in [0, 0.05) is 12.1 Å². The molecule has 0 aliphatic carbocycles. The van der Waals surface area contributed by atoms with Crippen LogP contribution in [0.1, 0.15) is 5.56 Å². The van der Waals surface area contributed by atoms with Gasteiger partial charge in [0.05, 0.1) is 0 Å².